The molecule has 1 rings (SSSR count). The Balaban J connectivity index is 2.30. The van der Waals surface area contributed by atoms with Gasteiger partial charge in [-0.25, -0.2) is 4.79 Å². The van der Waals surface area contributed by atoms with Crippen LogP contribution in [0.1, 0.15) is 46.5 Å². The monoisotopic (exact) mass is 284 g/mol. The van der Waals surface area contributed by atoms with Crippen LogP contribution in [-0.2, 0) is 4.74 Å². The number of aliphatic imine (C=N–C) groups is 1. The first kappa shape index (κ1) is 16.8. The number of guanidine groups is 1. The molecule has 0 saturated heterocycles. The first-order valence-corrected chi connectivity index (χ1v) is 7.30. The molecule has 0 aromatic carbocycles. The van der Waals surface area contributed by atoms with Gasteiger partial charge in [-0.05, 0) is 64.8 Å². The number of nitrogens with one attached hydrogen (secondary N) is 1. The number of nitrogens with two attached hydrogens (primary N) is 2. The van der Waals surface area contributed by atoms with Gasteiger partial charge in [-0.2, -0.15) is 0 Å². The molecule has 0 heterocycles. The quantitative estimate of drug-likeness (QED) is 0.541. The zero-order valence-corrected chi connectivity index (χ0v) is 12.8. The fourth-order valence-corrected chi connectivity index (χ4v) is 2.32. The van der Waals surface area contributed by atoms with Crippen molar-refractivity contribution < 1.29 is 9.53 Å². The zero-order valence-electron chi connectivity index (χ0n) is 12.8. The van der Waals surface area contributed by atoms with Crippen molar-refractivity contribution in [3.05, 3.63) is 0 Å². The van der Waals surface area contributed by atoms with Gasteiger partial charge in [0, 0.05) is 6.54 Å². The lowest BCUT2D eigenvalue weighted by Crippen LogP contribution is -2.40. The summed E-state index contributed by atoms with van der Waals surface area (Å²) >= 11 is 0. The minimum absolute atomic E-state index is 0.125. The molecule has 0 bridgehead atoms. The van der Waals surface area contributed by atoms with Gasteiger partial charge in [0.1, 0.15) is 5.60 Å². The molecule has 1 amide bonds. The number of amides is 1. The van der Waals surface area contributed by atoms with Gasteiger partial charge in [0.2, 0.25) is 0 Å². The standard InChI is InChI=1S/C14H28N4O2/c1-14(2,3)20-13(19)18-12(16)17-9-11-6-4-10(8-15)5-7-11/h10-11H,4-9,15H2,1-3H3,(H3,16,17,18,19). The lowest BCUT2D eigenvalue weighted by Gasteiger charge is -2.26. The number of carbonyl (C=O) groups is 1. The summed E-state index contributed by atoms with van der Waals surface area (Å²) in [5.41, 5.74) is 10.8. The lowest BCUT2D eigenvalue weighted by molar-refractivity contribution is 0.0562. The van der Waals surface area contributed by atoms with Crippen LogP contribution >= 0.6 is 0 Å². The molecule has 1 aliphatic rings. The van der Waals surface area contributed by atoms with Crippen molar-refractivity contribution >= 4 is 12.1 Å². The van der Waals surface area contributed by atoms with E-state index < -0.39 is 11.7 Å². The molecule has 0 radical (unpaired) electrons. The Kier molecular flexibility index (Phi) is 6.26. The van der Waals surface area contributed by atoms with Gasteiger partial charge in [0.25, 0.3) is 0 Å². The third kappa shape index (κ3) is 6.75. The van der Waals surface area contributed by atoms with Crippen molar-refractivity contribution in [3.63, 3.8) is 0 Å². The van der Waals surface area contributed by atoms with Gasteiger partial charge in [-0.3, -0.25) is 10.3 Å². The fraction of sp³-hybridized carbons (Fsp3) is 0.857. The second-order valence-corrected chi connectivity index (χ2v) is 6.48. The molecule has 1 saturated carbocycles. The average molecular weight is 284 g/mol. The van der Waals surface area contributed by atoms with Gasteiger partial charge < -0.3 is 16.2 Å². The molecular formula is C14H28N4O2. The van der Waals surface area contributed by atoms with Gasteiger partial charge in [-0.15, -0.1) is 0 Å². The van der Waals surface area contributed by atoms with E-state index in [1.807, 2.05) is 0 Å². The van der Waals surface area contributed by atoms with Gasteiger partial charge >= 0.3 is 6.09 Å². The maximum atomic E-state index is 11.5. The molecule has 0 aliphatic heterocycles. The highest BCUT2D eigenvalue weighted by molar-refractivity contribution is 5.92. The van der Waals surface area contributed by atoms with Crippen LogP contribution in [0.15, 0.2) is 4.99 Å². The van der Waals surface area contributed by atoms with E-state index in [1.165, 1.54) is 0 Å². The molecule has 0 unspecified atom stereocenters. The van der Waals surface area contributed by atoms with Crippen molar-refractivity contribution in [3.8, 4) is 0 Å². The molecule has 0 atom stereocenters. The second-order valence-electron chi connectivity index (χ2n) is 6.48. The minimum atomic E-state index is -0.564. The predicted molar refractivity (Wildman–Crippen MR) is 80.4 cm³/mol. The number of carbonyl (C=O) groups excluding carboxylic acids is 1. The first-order chi connectivity index (χ1) is 9.30. The Bertz CT molecular complexity index is 342. The summed E-state index contributed by atoms with van der Waals surface area (Å²) in [5.74, 6) is 1.32. The molecule has 0 aromatic heterocycles. The van der Waals surface area contributed by atoms with E-state index in [-0.39, 0.29) is 5.96 Å². The van der Waals surface area contributed by atoms with E-state index in [0.29, 0.717) is 18.4 Å². The van der Waals surface area contributed by atoms with Crippen LogP contribution in [0.2, 0.25) is 0 Å². The highest BCUT2D eigenvalue weighted by Crippen LogP contribution is 2.28. The summed E-state index contributed by atoms with van der Waals surface area (Å²) in [7, 11) is 0. The molecule has 6 heteroatoms. The normalized spacial score (nSPS) is 24.3. The number of ether oxygens (including phenoxy) is 1. The predicted octanol–water partition coefficient (Wildman–Crippen LogP) is 1.59. The van der Waals surface area contributed by atoms with Crippen molar-refractivity contribution in [2.75, 3.05) is 13.1 Å². The third-order valence-electron chi connectivity index (χ3n) is 3.45. The Morgan fingerprint density at radius 3 is 2.30 bits per heavy atom. The molecule has 1 fully saturated rings. The molecule has 116 valence electrons. The number of hydrogen-bond acceptors (Lipinski definition) is 4. The minimum Gasteiger partial charge on any atom is -0.444 e. The average Bonchev–Trinajstić information content (AvgIpc) is 2.34. The first-order valence-electron chi connectivity index (χ1n) is 7.30. The largest absolute Gasteiger partial charge is 0.444 e. The summed E-state index contributed by atoms with van der Waals surface area (Å²) in [5, 5.41) is 2.44. The Hall–Kier alpha value is -1.30. The van der Waals surface area contributed by atoms with E-state index in [1.54, 1.807) is 20.8 Å². The van der Waals surface area contributed by atoms with Crippen molar-refractivity contribution in [2.45, 2.75) is 52.1 Å². The highest BCUT2D eigenvalue weighted by atomic mass is 16.6. The number of alkyl carbamates (subject to hydrolysis) is 1. The summed E-state index contributed by atoms with van der Waals surface area (Å²) in [6.07, 6.45) is 4.02. The SMILES string of the molecule is CC(C)(C)OC(=O)NC(N)=NCC1CCC(CN)CC1. The smallest absolute Gasteiger partial charge is 0.414 e. The van der Waals surface area contributed by atoms with Crippen molar-refractivity contribution in [1.82, 2.24) is 5.32 Å². The van der Waals surface area contributed by atoms with Crippen LogP contribution in [0.4, 0.5) is 4.79 Å². The Morgan fingerprint density at radius 1 is 1.25 bits per heavy atom. The Labute approximate surface area is 121 Å². The Morgan fingerprint density at radius 2 is 1.80 bits per heavy atom. The fourth-order valence-electron chi connectivity index (χ4n) is 2.32. The maximum Gasteiger partial charge on any atom is 0.414 e. The number of hydrogen-bond donors (Lipinski definition) is 3. The van der Waals surface area contributed by atoms with Gasteiger partial charge in [0.05, 0.1) is 0 Å². The summed E-state index contributed by atoms with van der Waals surface area (Å²) in [6, 6.07) is 0. The molecule has 0 spiro atoms. The van der Waals surface area contributed by atoms with E-state index in [0.717, 1.165) is 32.2 Å². The van der Waals surface area contributed by atoms with E-state index in [4.69, 9.17) is 16.2 Å². The number of rotatable bonds is 3. The van der Waals surface area contributed by atoms with Gasteiger partial charge in [0.15, 0.2) is 5.96 Å². The molecule has 1 aliphatic carbocycles. The highest BCUT2D eigenvalue weighted by Gasteiger charge is 2.20. The molecule has 20 heavy (non-hydrogen) atoms. The van der Waals surface area contributed by atoms with Gasteiger partial charge in [-0.1, -0.05) is 0 Å². The lowest BCUT2D eigenvalue weighted by atomic mass is 9.82. The second kappa shape index (κ2) is 7.47. The van der Waals surface area contributed by atoms with Crippen LogP contribution in [-0.4, -0.2) is 30.7 Å². The van der Waals surface area contributed by atoms with E-state index in [9.17, 15) is 4.79 Å². The van der Waals surface area contributed by atoms with Crippen LogP contribution < -0.4 is 16.8 Å². The summed E-state index contributed by atoms with van der Waals surface area (Å²) in [6.45, 7) is 6.83. The van der Waals surface area contributed by atoms with E-state index >= 15 is 0 Å². The van der Waals surface area contributed by atoms with Crippen LogP contribution in [0.3, 0.4) is 0 Å². The van der Waals surface area contributed by atoms with Crippen LogP contribution in [0.25, 0.3) is 0 Å². The van der Waals surface area contributed by atoms with Crippen LogP contribution in [0.5, 0.6) is 0 Å². The maximum absolute atomic E-state index is 11.5. The van der Waals surface area contributed by atoms with Crippen molar-refractivity contribution in [1.29, 1.82) is 0 Å². The topological polar surface area (TPSA) is 103 Å². The molecule has 0 aromatic rings. The molecular weight excluding hydrogens is 256 g/mol. The number of nitrogens with zero attached hydrogens (tertiary/aromatic N) is 1. The van der Waals surface area contributed by atoms with Crippen molar-refractivity contribution in [2.24, 2.45) is 28.3 Å². The third-order valence-corrected chi connectivity index (χ3v) is 3.45. The van der Waals surface area contributed by atoms with Crippen LogP contribution in [0, 0.1) is 11.8 Å². The van der Waals surface area contributed by atoms with E-state index in [2.05, 4.69) is 10.3 Å². The zero-order chi connectivity index (χ0) is 15.2. The molecule has 6 nitrogen and oxygen atoms in total. The molecule has 5 N–H and O–H groups in total. The summed E-state index contributed by atoms with van der Waals surface area (Å²) in [4.78, 5) is 15.7. The summed E-state index contributed by atoms with van der Waals surface area (Å²) < 4.78 is 5.10.